The Bertz CT molecular complexity index is 846. The molecule has 3 N–H and O–H groups in total. The minimum absolute atomic E-state index is 0.251. The first-order chi connectivity index (χ1) is 12.5. The normalized spacial score (nSPS) is 19.3. The van der Waals surface area contributed by atoms with Gasteiger partial charge in [-0.3, -0.25) is 4.79 Å². The molecule has 2 aromatic carbocycles. The Labute approximate surface area is 152 Å². The van der Waals surface area contributed by atoms with Crippen molar-refractivity contribution in [2.24, 2.45) is 5.92 Å². The highest BCUT2D eigenvalue weighted by Gasteiger charge is 2.37. The molecule has 0 aliphatic carbocycles. The van der Waals surface area contributed by atoms with E-state index in [1.54, 1.807) is 13.2 Å². The number of carbonyl (C=O) groups excluding carboxylic acids is 2. The second-order valence-electron chi connectivity index (χ2n) is 6.21. The summed E-state index contributed by atoms with van der Waals surface area (Å²) in [7, 11) is 1.57. The summed E-state index contributed by atoms with van der Waals surface area (Å²) in [5.74, 6) is -0.265. The standard InChI is InChI=1S/C20H21N3O3/c1-12-7-9-15(10-8-12)22-19(24)17-13(2)21-20(25)23-18(17)14-5-4-6-16(11-14)26-3/h4-11,17-18H,2H2,1,3H3,(H,22,24)(H2,21,23,25)/t17-,18-/m1/s1. The number of benzene rings is 2. The van der Waals surface area contributed by atoms with Crippen LogP contribution in [0.1, 0.15) is 17.2 Å². The lowest BCUT2D eigenvalue weighted by Crippen LogP contribution is -2.51. The molecule has 3 rings (SSSR count). The number of urea groups is 1. The summed E-state index contributed by atoms with van der Waals surface area (Å²) < 4.78 is 5.25. The van der Waals surface area contributed by atoms with Crippen LogP contribution in [0, 0.1) is 12.8 Å². The van der Waals surface area contributed by atoms with Gasteiger partial charge in [-0.05, 0) is 36.8 Å². The Morgan fingerprint density at radius 3 is 2.62 bits per heavy atom. The van der Waals surface area contributed by atoms with E-state index >= 15 is 0 Å². The summed E-state index contributed by atoms with van der Waals surface area (Å²) in [4.78, 5) is 24.8. The highest BCUT2D eigenvalue weighted by atomic mass is 16.5. The van der Waals surface area contributed by atoms with Crippen molar-refractivity contribution in [1.82, 2.24) is 10.6 Å². The van der Waals surface area contributed by atoms with Crippen molar-refractivity contribution >= 4 is 17.6 Å². The van der Waals surface area contributed by atoms with E-state index in [4.69, 9.17) is 4.74 Å². The molecule has 0 radical (unpaired) electrons. The summed E-state index contributed by atoms with van der Waals surface area (Å²) in [6, 6.07) is 13.9. The fourth-order valence-corrected chi connectivity index (χ4v) is 2.96. The zero-order chi connectivity index (χ0) is 18.7. The summed E-state index contributed by atoms with van der Waals surface area (Å²) in [6.45, 7) is 5.86. The SMILES string of the molecule is C=C1NC(=O)N[C@H](c2cccc(OC)c2)[C@@H]1C(=O)Nc1ccc(C)cc1. The van der Waals surface area contributed by atoms with E-state index in [0.717, 1.165) is 11.1 Å². The number of nitrogens with one attached hydrogen (secondary N) is 3. The van der Waals surface area contributed by atoms with Gasteiger partial charge in [-0.15, -0.1) is 0 Å². The van der Waals surface area contributed by atoms with Gasteiger partial charge < -0.3 is 20.7 Å². The molecule has 0 unspecified atom stereocenters. The number of ether oxygens (including phenoxy) is 1. The van der Waals surface area contributed by atoms with Gasteiger partial charge in [0.2, 0.25) is 5.91 Å². The lowest BCUT2D eigenvalue weighted by molar-refractivity contribution is -0.119. The van der Waals surface area contributed by atoms with Gasteiger partial charge in [0, 0.05) is 11.4 Å². The summed E-state index contributed by atoms with van der Waals surface area (Å²) in [5.41, 5.74) is 2.92. The average molecular weight is 351 g/mol. The van der Waals surface area contributed by atoms with E-state index < -0.39 is 12.0 Å². The van der Waals surface area contributed by atoms with Crippen LogP contribution in [0.25, 0.3) is 0 Å². The molecule has 1 aliphatic heterocycles. The van der Waals surface area contributed by atoms with Crippen LogP contribution in [0.4, 0.5) is 10.5 Å². The monoisotopic (exact) mass is 351 g/mol. The fraction of sp³-hybridized carbons (Fsp3) is 0.200. The molecule has 6 nitrogen and oxygen atoms in total. The molecule has 3 amide bonds. The lowest BCUT2D eigenvalue weighted by atomic mass is 9.88. The maximum absolute atomic E-state index is 12.9. The van der Waals surface area contributed by atoms with Crippen molar-refractivity contribution in [2.75, 3.05) is 12.4 Å². The third kappa shape index (κ3) is 3.69. The molecule has 2 atom stereocenters. The molecule has 1 saturated heterocycles. The number of rotatable bonds is 4. The highest BCUT2D eigenvalue weighted by Crippen LogP contribution is 2.32. The third-order valence-electron chi connectivity index (χ3n) is 4.32. The van der Waals surface area contributed by atoms with E-state index in [2.05, 4.69) is 22.5 Å². The first-order valence-corrected chi connectivity index (χ1v) is 8.25. The van der Waals surface area contributed by atoms with Crippen molar-refractivity contribution in [3.05, 3.63) is 71.9 Å². The molecule has 2 aromatic rings. The Morgan fingerprint density at radius 1 is 1.19 bits per heavy atom. The minimum Gasteiger partial charge on any atom is -0.497 e. The van der Waals surface area contributed by atoms with Crippen molar-refractivity contribution < 1.29 is 14.3 Å². The van der Waals surface area contributed by atoms with Gasteiger partial charge in [0.05, 0.1) is 13.2 Å². The molecule has 0 spiro atoms. The summed E-state index contributed by atoms with van der Waals surface area (Å²) in [6.07, 6.45) is 0. The number of amides is 3. The van der Waals surface area contributed by atoms with E-state index in [-0.39, 0.29) is 11.9 Å². The second kappa shape index (κ2) is 7.31. The van der Waals surface area contributed by atoms with Crippen LogP contribution in [0.2, 0.25) is 0 Å². The maximum Gasteiger partial charge on any atom is 0.319 e. The zero-order valence-electron chi connectivity index (χ0n) is 14.7. The molecule has 1 heterocycles. The molecule has 6 heteroatoms. The van der Waals surface area contributed by atoms with Crippen LogP contribution < -0.4 is 20.7 Å². The van der Waals surface area contributed by atoms with E-state index in [0.29, 0.717) is 17.1 Å². The summed E-state index contributed by atoms with van der Waals surface area (Å²) in [5, 5.41) is 8.30. The van der Waals surface area contributed by atoms with Crippen LogP contribution >= 0.6 is 0 Å². The topological polar surface area (TPSA) is 79.5 Å². The predicted octanol–water partition coefficient (Wildman–Crippen LogP) is 3.13. The van der Waals surface area contributed by atoms with Gasteiger partial charge in [0.1, 0.15) is 11.7 Å². The second-order valence-corrected chi connectivity index (χ2v) is 6.21. The Hall–Kier alpha value is -3.28. The Kier molecular flexibility index (Phi) is 4.93. The molecule has 26 heavy (non-hydrogen) atoms. The van der Waals surface area contributed by atoms with Crippen LogP contribution in [0.5, 0.6) is 5.75 Å². The van der Waals surface area contributed by atoms with Gasteiger partial charge in [-0.2, -0.15) is 0 Å². The molecule has 1 aliphatic rings. The molecule has 0 saturated carbocycles. The largest absolute Gasteiger partial charge is 0.497 e. The van der Waals surface area contributed by atoms with Gasteiger partial charge in [0.15, 0.2) is 0 Å². The van der Waals surface area contributed by atoms with Crippen molar-refractivity contribution in [2.45, 2.75) is 13.0 Å². The minimum atomic E-state index is -0.666. The lowest BCUT2D eigenvalue weighted by Gasteiger charge is -2.34. The predicted molar refractivity (Wildman–Crippen MR) is 99.8 cm³/mol. The van der Waals surface area contributed by atoms with Crippen molar-refractivity contribution in [3.63, 3.8) is 0 Å². The first kappa shape index (κ1) is 17.5. The molecule has 0 aromatic heterocycles. The molecule has 134 valence electrons. The van der Waals surface area contributed by atoms with Crippen LogP contribution in [0.3, 0.4) is 0 Å². The molecular weight excluding hydrogens is 330 g/mol. The number of aryl methyl sites for hydroxylation is 1. The first-order valence-electron chi connectivity index (χ1n) is 8.25. The third-order valence-corrected chi connectivity index (χ3v) is 4.32. The quantitative estimate of drug-likeness (QED) is 0.792. The van der Waals surface area contributed by atoms with Crippen molar-refractivity contribution in [1.29, 1.82) is 0 Å². The van der Waals surface area contributed by atoms with Gasteiger partial charge in [0.25, 0.3) is 0 Å². The number of hydrogen-bond acceptors (Lipinski definition) is 3. The molecule has 1 fully saturated rings. The van der Waals surface area contributed by atoms with Crippen LogP contribution in [-0.4, -0.2) is 19.0 Å². The zero-order valence-corrected chi connectivity index (χ0v) is 14.7. The number of hydrogen-bond donors (Lipinski definition) is 3. The number of carbonyl (C=O) groups is 2. The van der Waals surface area contributed by atoms with E-state index in [1.165, 1.54) is 0 Å². The molecule has 0 bridgehead atoms. The van der Waals surface area contributed by atoms with Gasteiger partial charge >= 0.3 is 6.03 Å². The van der Waals surface area contributed by atoms with E-state index in [9.17, 15) is 9.59 Å². The fourth-order valence-electron chi connectivity index (χ4n) is 2.96. The van der Waals surface area contributed by atoms with Gasteiger partial charge in [-0.25, -0.2) is 4.79 Å². The van der Waals surface area contributed by atoms with Gasteiger partial charge in [-0.1, -0.05) is 36.4 Å². The molecular formula is C20H21N3O3. The van der Waals surface area contributed by atoms with Crippen LogP contribution in [-0.2, 0) is 4.79 Å². The van der Waals surface area contributed by atoms with Crippen LogP contribution in [0.15, 0.2) is 60.8 Å². The Balaban J connectivity index is 1.89. The smallest absolute Gasteiger partial charge is 0.319 e. The number of anilines is 1. The van der Waals surface area contributed by atoms with Crippen molar-refractivity contribution in [3.8, 4) is 5.75 Å². The average Bonchev–Trinajstić information content (AvgIpc) is 2.63. The number of methoxy groups -OCH3 is 1. The maximum atomic E-state index is 12.9. The van der Waals surface area contributed by atoms with E-state index in [1.807, 2.05) is 49.4 Å². The Morgan fingerprint density at radius 2 is 1.92 bits per heavy atom. The highest BCUT2D eigenvalue weighted by molar-refractivity contribution is 5.97. The summed E-state index contributed by atoms with van der Waals surface area (Å²) >= 11 is 0.